The van der Waals surface area contributed by atoms with E-state index in [0.717, 1.165) is 65.4 Å². The number of aryl methyl sites for hydroxylation is 2. The van der Waals surface area contributed by atoms with Crippen LogP contribution in [0.25, 0.3) is 11.1 Å². The summed E-state index contributed by atoms with van der Waals surface area (Å²) in [7, 11) is 0. The molecule has 2 aromatic rings. The number of ether oxygens (including phenoxy) is 2. The summed E-state index contributed by atoms with van der Waals surface area (Å²) in [6, 6.07) is 7.47. The lowest BCUT2D eigenvalue weighted by atomic mass is 9.97. The van der Waals surface area contributed by atoms with E-state index in [0.29, 0.717) is 24.5 Å². The predicted octanol–water partition coefficient (Wildman–Crippen LogP) is 7.74. The molecule has 0 atom stereocenters. The van der Waals surface area contributed by atoms with Gasteiger partial charge in [0.1, 0.15) is 17.3 Å². The number of rotatable bonds is 11. The molecule has 0 N–H and O–H groups in total. The van der Waals surface area contributed by atoms with Crippen LogP contribution in [-0.4, -0.2) is 13.2 Å². The summed E-state index contributed by atoms with van der Waals surface area (Å²) in [5.74, 6) is 1.27. The van der Waals surface area contributed by atoms with Gasteiger partial charge in [-0.05, 0) is 60.6 Å². The zero-order valence-corrected chi connectivity index (χ0v) is 19.1. The van der Waals surface area contributed by atoms with Crippen molar-refractivity contribution in [1.29, 1.82) is 0 Å². The van der Waals surface area contributed by atoms with Crippen LogP contribution in [0.5, 0.6) is 11.5 Å². The predicted molar refractivity (Wildman–Crippen MR) is 119 cm³/mol. The van der Waals surface area contributed by atoms with E-state index < -0.39 is 0 Å². The first-order chi connectivity index (χ1) is 13.5. The topological polar surface area (TPSA) is 18.5 Å². The quantitative estimate of drug-likeness (QED) is 0.325. The van der Waals surface area contributed by atoms with Crippen molar-refractivity contribution >= 4 is 15.9 Å². The third kappa shape index (κ3) is 5.73. The first-order valence-electron chi connectivity index (χ1n) is 10.5. The first-order valence-corrected chi connectivity index (χ1v) is 11.3. The second-order valence-corrected chi connectivity index (χ2v) is 7.85. The summed E-state index contributed by atoms with van der Waals surface area (Å²) in [5, 5.41) is 0. The maximum absolute atomic E-state index is 15.0. The smallest absolute Gasteiger partial charge is 0.134 e. The van der Waals surface area contributed by atoms with Gasteiger partial charge < -0.3 is 9.47 Å². The highest BCUT2D eigenvalue weighted by Crippen LogP contribution is 2.38. The van der Waals surface area contributed by atoms with Gasteiger partial charge in [-0.3, -0.25) is 0 Å². The summed E-state index contributed by atoms with van der Waals surface area (Å²) in [4.78, 5) is 0. The molecule has 0 radical (unpaired) electrons. The van der Waals surface area contributed by atoms with Crippen LogP contribution in [0.3, 0.4) is 0 Å². The molecular formula is C24H32BrFO2. The van der Waals surface area contributed by atoms with E-state index in [4.69, 9.17) is 9.47 Å². The first kappa shape index (κ1) is 22.7. The Labute approximate surface area is 177 Å². The average molecular weight is 451 g/mol. The molecule has 2 aromatic carbocycles. The van der Waals surface area contributed by atoms with Gasteiger partial charge in [0, 0.05) is 16.1 Å². The van der Waals surface area contributed by atoms with Crippen molar-refractivity contribution in [1.82, 2.24) is 0 Å². The molecule has 0 aliphatic heterocycles. The Bertz CT molecular complexity index is 708. The van der Waals surface area contributed by atoms with Gasteiger partial charge in [-0.15, -0.1) is 0 Å². The molecule has 0 aromatic heterocycles. The third-order valence-corrected chi connectivity index (χ3v) is 5.52. The number of hydrogen-bond donors (Lipinski definition) is 0. The Kier molecular flexibility index (Phi) is 9.30. The van der Waals surface area contributed by atoms with Crippen LogP contribution in [0, 0.1) is 5.82 Å². The molecule has 0 aliphatic carbocycles. The highest BCUT2D eigenvalue weighted by atomic mass is 79.9. The minimum Gasteiger partial charge on any atom is -0.493 e. The Hall–Kier alpha value is -1.55. The van der Waals surface area contributed by atoms with Gasteiger partial charge >= 0.3 is 0 Å². The van der Waals surface area contributed by atoms with Gasteiger partial charge in [0.25, 0.3) is 0 Å². The van der Waals surface area contributed by atoms with Crippen LogP contribution < -0.4 is 9.47 Å². The molecule has 0 saturated carbocycles. The molecule has 0 aliphatic rings. The molecule has 0 amide bonds. The Morgan fingerprint density at radius 2 is 1.25 bits per heavy atom. The standard InChI is InChI=1S/C24H32BrFO2/c1-5-9-11-27-23-15-21(25)19(13-17(23)7-3)20-14-18(8-4)24(16-22(20)26)28-12-10-6-2/h13-16H,5-12H2,1-4H3. The molecule has 0 bridgehead atoms. The molecule has 2 nitrogen and oxygen atoms in total. The van der Waals surface area contributed by atoms with E-state index in [2.05, 4.69) is 43.6 Å². The van der Waals surface area contributed by atoms with Crippen LogP contribution in [0.15, 0.2) is 28.7 Å². The van der Waals surface area contributed by atoms with E-state index in [9.17, 15) is 4.39 Å². The molecule has 28 heavy (non-hydrogen) atoms. The van der Waals surface area contributed by atoms with Crippen LogP contribution in [-0.2, 0) is 12.8 Å². The summed E-state index contributed by atoms with van der Waals surface area (Å²) in [6.45, 7) is 9.75. The van der Waals surface area contributed by atoms with Gasteiger partial charge in [-0.1, -0.05) is 56.5 Å². The van der Waals surface area contributed by atoms with Crippen LogP contribution >= 0.6 is 15.9 Å². The van der Waals surface area contributed by atoms with Gasteiger partial charge in [0.05, 0.1) is 13.2 Å². The number of unbranched alkanes of at least 4 members (excludes halogenated alkanes) is 2. The molecule has 4 heteroatoms. The fourth-order valence-electron chi connectivity index (χ4n) is 3.09. The lowest BCUT2D eigenvalue weighted by molar-refractivity contribution is 0.305. The van der Waals surface area contributed by atoms with Crippen molar-refractivity contribution in [2.45, 2.75) is 66.2 Å². The minimum absolute atomic E-state index is 0.258. The fourth-order valence-corrected chi connectivity index (χ4v) is 3.62. The summed E-state index contributed by atoms with van der Waals surface area (Å²) < 4.78 is 27.6. The molecule has 0 unspecified atom stereocenters. The maximum Gasteiger partial charge on any atom is 0.134 e. The highest BCUT2D eigenvalue weighted by molar-refractivity contribution is 9.10. The average Bonchev–Trinajstić information content (AvgIpc) is 2.69. The number of hydrogen-bond acceptors (Lipinski definition) is 2. The fraction of sp³-hybridized carbons (Fsp3) is 0.500. The SMILES string of the molecule is CCCCOc1cc(F)c(-c2cc(CC)c(OCCCC)cc2Br)cc1CC. The second kappa shape index (κ2) is 11.5. The summed E-state index contributed by atoms with van der Waals surface area (Å²) in [5.41, 5.74) is 3.57. The second-order valence-electron chi connectivity index (χ2n) is 6.99. The van der Waals surface area contributed by atoms with E-state index in [1.165, 1.54) is 6.07 Å². The van der Waals surface area contributed by atoms with Gasteiger partial charge in [0.15, 0.2) is 0 Å². The Morgan fingerprint density at radius 3 is 1.75 bits per heavy atom. The van der Waals surface area contributed by atoms with Crippen molar-refractivity contribution in [2.24, 2.45) is 0 Å². The Balaban J connectivity index is 2.40. The van der Waals surface area contributed by atoms with Gasteiger partial charge in [-0.2, -0.15) is 0 Å². The maximum atomic E-state index is 15.0. The van der Waals surface area contributed by atoms with E-state index in [1.54, 1.807) is 0 Å². The molecule has 0 saturated heterocycles. The van der Waals surface area contributed by atoms with Crippen molar-refractivity contribution in [3.8, 4) is 22.6 Å². The minimum atomic E-state index is -0.258. The van der Waals surface area contributed by atoms with Crippen molar-refractivity contribution in [2.75, 3.05) is 13.2 Å². The third-order valence-electron chi connectivity index (χ3n) is 4.86. The molecule has 0 heterocycles. The van der Waals surface area contributed by atoms with Crippen molar-refractivity contribution in [3.63, 3.8) is 0 Å². The highest BCUT2D eigenvalue weighted by Gasteiger charge is 2.16. The van der Waals surface area contributed by atoms with E-state index in [-0.39, 0.29) is 5.82 Å². The van der Waals surface area contributed by atoms with Crippen LogP contribution in [0.4, 0.5) is 4.39 Å². The zero-order valence-electron chi connectivity index (χ0n) is 17.5. The monoisotopic (exact) mass is 450 g/mol. The van der Waals surface area contributed by atoms with Crippen molar-refractivity contribution in [3.05, 3.63) is 45.7 Å². The van der Waals surface area contributed by atoms with Gasteiger partial charge in [-0.25, -0.2) is 4.39 Å². The lowest BCUT2D eigenvalue weighted by Gasteiger charge is -2.17. The lowest BCUT2D eigenvalue weighted by Crippen LogP contribution is -2.02. The molecule has 0 spiro atoms. The van der Waals surface area contributed by atoms with E-state index >= 15 is 0 Å². The molecule has 0 fully saturated rings. The van der Waals surface area contributed by atoms with Crippen LogP contribution in [0.1, 0.15) is 64.5 Å². The zero-order chi connectivity index (χ0) is 20.5. The van der Waals surface area contributed by atoms with Crippen molar-refractivity contribution < 1.29 is 13.9 Å². The molecule has 154 valence electrons. The normalized spacial score (nSPS) is 10.9. The van der Waals surface area contributed by atoms with Crippen LogP contribution in [0.2, 0.25) is 0 Å². The summed E-state index contributed by atoms with van der Waals surface area (Å²) >= 11 is 3.63. The van der Waals surface area contributed by atoms with Gasteiger partial charge in [0.2, 0.25) is 0 Å². The Morgan fingerprint density at radius 1 is 0.750 bits per heavy atom. The largest absolute Gasteiger partial charge is 0.493 e. The molecule has 2 rings (SSSR count). The number of halogens is 2. The number of benzene rings is 2. The van der Waals surface area contributed by atoms with E-state index in [1.807, 2.05) is 18.2 Å². The molecular weight excluding hydrogens is 419 g/mol. The summed E-state index contributed by atoms with van der Waals surface area (Å²) in [6.07, 6.45) is 5.78.